The first-order valence-electron chi connectivity index (χ1n) is 7.34. The lowest BCUT2D eigenvalue weighted by Gasteiger charge is -2.10. The van der Waals surface area contributed by atoms with Gasteiger partial charge in [-0.1, -0.05) is 46.4 Å². The summed E-state index contributed by atoms with van der Waals surface area (Å²) in [5.74, 6) is -1.55. The van der Waals surface area contributed by atoms with Crippen LogP contribution in [-0.2, 0) is 14.3 Å². The second kappa shape index (κ2) is 9.79. The van der Waals surface area contributed by atoms with E-state index in [-0.39, 0.29) is 31.5 Å². The van der Waals surface area contributed by atoms with Gasteiger partial charge in [-0.25, -0.2) is 4.79 Å². The van der Waals surface area contributed by atoms with Crippen LogP contribution in [0.2, 0.25) is 20.1 Å². The fraction of sp³-hybridized carbons (Fsp3) is 0.125. The quantitative estimate of drug-likeness (QED) is 0.272. The third-order valence-corrected chi connectivity index (χ3v) is 4.37. The zero-order valence-electron chi connectivity index (χ0n) is 13.7. The van der Waals surface area contributed by atoms with Gasteiger partial charge in [0.2, 0.25) is 0 Å². The van der Waals surface area contributed by atoms with E-state index >= 15 is 0 Å². The average Bonchev–Trinajstić information content (AvgIpc) is 2.63. The molecule has 2 aromatic carbocycles. The largest absolute Gasteiger partial charge is 0.480 e. The number of nitro benzene ring substituents is 1. The van der Waals surface area contributed by atoms with E-state index < -0.39 is 35.7 Å². The van der Waals surface area contributed by atoms with E-state index in [9.17, 15) is 19.7 Å². The van der Waals surface area contributed by atoms with Crippen LogP contribution in [0, 0.1) is 10.1 Å². The lowest BCUT2D eigenvalue weighted by Crippen LogP contribution is -2.24. The minimum Gasteiger partial charge on any atom is -0.480 e. The number of rotatable bonds is 7. The lowest BCUT2D eigenvalue weighted by atomic mass is 10.2. The number of anilines is 1. The smallest absolute Gasteiger partial charge is 0.344 e. The van der Waals surface area contributed by atoms with Crippen LogP contribution in [0.4, 0.5) is 11.4 Å². The summed E-state index contributed by atoms with van der Waals surface area (Å²) in [7, 11) is 0. The van der Waals surface area contributed by atoms with Crippen LogP contribution in [0.25, 0.3) is 0 Å². The molecule has 0 atom stereocenters. The predicted octanol–water partition coefficient (Wildman–Crippen LogP) is 4.77. The number of nitro groups is 1. The summed E-state index contributed by atoms with van der Waals surface area (Å²) in [5, 5.41) is 13.9. The van der Waals surface area contributed by atoms with Gasteiger partial charge in [0.05, 0.1) is 20.0 Å². The number of carbonyl (C=O) groups is 2. The summed E-state index contributed by atoms with van der Waals surface area (Å²) in [6, 6.07) is 6.38. The minimum absolute atomic E-state index is 0.0886. The van der Waals surface area contributed by atoms with Crippen molar-refractivity contribution in [1.29, 1.82) is 0 Å². The monoisotopic (exact) mass is 466 g/mol. The van der Waals surface area contributed by atoms with Crippen molar-refractivity contribution in [2.45, 2.75) is 0 Å². The number of hydrogen-bond donors (Lipinski definition) is 1. The zero-order valence-corrected chi connectivity index (χ0v) is 16.7. The van der Waals surface area contributed by atoms with Crippen LogP contribution in [0.5, 0.6) is 5.75 Å². The van der Waals surface area contributed by atoms with Crippen molar-refractivity contribution in [3.05, 3.63) is 60.5 Å². The van der Waals surface area contributed by atoms with Crippen LogP contribution in [0.15, 0.2) is 30.3 Å². The van der Waals surface area contributed by atoms with E-state index in [1.807, 2.05) is 0 Å². The van der Waals surface area contributed by atoms with Gasteiger partial charge in [0.25, 0.3) is 11.6 Å². The molecule has 0 heterocycles. The molecule has 0 radical (unpaired) electrons. The zero-order chi connectivity index (χ0) is 20.8. The Morgan fingerprint density at radius 3 is 2.36 bits per heavy atom. The molecule has 0 fully saturated rings. The highest BCUT2D eigenvalue weighted by Gasteiger charge is 2.17. The topological polar surface area (TPSA) is 108 Å². The Kier molecular flexibility index (Phi) is 7.70. The van der Waals surface area contributed by atoms with Gasteiger partial charge in [-0.05, 0) is 18.2 Å². The van der Waals surface area contributed by atoms with Gasteiger partial charge < -0.3 is 14.8 Å². The Morgan fingerprint density at radius 2 is 1.68 bits per heavy atom. The number of ether oxygens (including phenoxy) is 2. The summed E-state index contributed by atoms with van der Waals surface area (Å²) >= 11 is 23.2. The highest BCUT2D eigenvalue weighted by atomic mass is 35.5. The molecule has 0 aliphatic carbocycles. The van der Waals surface area contributed by atoms with Crippen molar-refractivity contribution >= 4 is 69.7 Å². The van der Waals surface area contributed by atoms with Crippen molar-refractivity contribution in [2.75, 3.05) is 18.5 Å². The molecule has 0 bridgehead atoms. The molecule has 1 amide bonds. The van der Waals surface area contributed by atoms with Crippen molar-refractivity contribution < 1.29 is 24.0 Å². The Bertz CT molecular complexity index is 938. The van der Waals surface area contributed by atoms with E-state index in [2.05, 4.69) is 5.32 Å². The van der Waals surface area contributed by atoms with Crippen molar-refractivity contribution in [2.24, 2.45) is 0 Å². The lowest BCUT2D eigenvalue weighted by molar-refractivity contribution is -0.383. The molecule has 12 heteroatoms. The number of nitrogens with zero attached hydrogens (tertiary/aromatic N) is 1. The molecule has 0 aliphatic rings. The van der Waals surface area contributed by atoms with Crippen LogP contribution in [0.1, 0.15) is 0 Å². The molecule has 28 heavy (non-hydrogen) atoms. The van der Waals surface area contributed by atoms with E-state index in [4.69, 9.17) is 55.9 Å². The molecular formula is C16H10Cl4N2O6. The summed E-state index contributed by atoms with van der Waals surface area (Å²) in [6.45, 7) is -1.23. The summed E-state index contributed by atoms with van der Waals surface area (Å²) in [4.78, 5) is 33.8. The van der Waals surface area contributed by atoms with Gasteiger partial charge in [0, 0.05) is 17.2 Å². The number of esters is 1. The maximum absolute atomic E-state index is 11.8. The van der Waals surface area contributed by atoms with Gasteiger partial charge in [0.1, 0.15) is 11.4 Å². The molecule has 148 valence electrons. The van der Waals surface area contributed by atoms with Crippen molar-refractivity contribution in [3.63, 3.8) is 0 Å². The molecule has 1 N–H and O–H groups in total. The Balaban J connectivity index is 1.87. The fourth-order valence-electron chi connectivity index (χ4n) is 1.89. The first-order chi connectivity index (χ1) is 13.2. The van der Waals surface area contributed by atoms with Crippen LogP contribution in [-0.4, -0.2) is 30.0 Å². The molecule has 2 rings (SSSR count). The van der Waals surface area contributed by atoms with Crippen molar-refractivity contribution in [1.82, 2.24) is 0 Å². The first-order valence-corrected chi connectivity index (χ1v) is 8.85. The molecule has 0 aliphatic heterocycles. The Morgan fingerprint density at radius 1 is 1.00 bits per heavy atom. The van der Waals surface area contributed by atoms with Gasteiger partial charge >= 0.3 is 5.97 Å². The minimum atomic E-state index is -0.872. The maximum Gasteiger partial charge on any atom is 0.344 e. The number of carbonyl (C=O) groups excluding carboxylic acids is 2. The second-order valence-electron chi connectivity index (χ2n) is 5.11. The molecule has 8 nitrogen and oxygen atoms in total. The van der Waals surface area contributed by atoms with Crippen LogP contribution in [0.3, 0.4) is 0 Å². The maximum atomic E-state index is 11.8. The molecule has 0 saturated heterocycles. The van der Waals surface area contributed by atoms with Crippen molar-refractivity contribution in [3.8, 4) is 5.75 Å². The van der Waals surface area contributed by atoms with Gasteiger partial charge in [-0.3, -0.25) is 14.9 Å². The SMILES string of the molecule is O=C(COC(=O)COc1cc(Cl)c(Cl)cc1Cl)Nc1ccc(Cl)cc1[N+](=O)[O-]. The second-order valence-corrected chi connectivity index (χ2v) is 6.77. The molecule has 0 unspecified atom stereocenters. The van der Waals surface area contributed by atoms with Gasteiger partial charge in [-0.2, -0.15) is 0 Å². The van der Waals surface area contributed by atoms with E-state index in [1.165, 1.54) is 24.3 Å². The number of hydrogen-bond acceptors (Lipinski definition) is 6. The Hall–Kier alpha value is -2.26. The normalized spacial score (nSPS) is 10.3. The summed E-state index contributed by atoms with van der Waals surface area (Å²) in [6.07, 6.45) is 0. The summed E-state index contributed by atoms with van der Waals surface area (Å²) < 4.78 is 9.91. The number of halogens is 4. The third-order valence-electron chi connectivity index (χ3n) is 3.12. The van der Waals surface area contributed by atoms with Crippen LogP contribution < -0.4 is 10.1 Å². The third kappa shape index (κ3) is 6.13. The van der Waals surface area contributed by atoms with Gasteiger partial charge in [0.15, 0.2) is 13.2 Å². The highest BCUT2D eigenvalue weighted by molar-refractivity contribution is 6.43. The standard InChI is InChI=1S/C16H10Cl4N2O6/c17-8-1-2-12(13(3-8)22(25)26)21-15(23)6-28-16(24)7-27-14-5-10(19)9(18)4-11(14)20/h1-5H,6-7H2,(H,21,23). The molecular weight excluding hydrogens is 458 g/mol. The number of nitrogens with one attached hydrogen (secondary N) is 1. The fourth-order valence-corrected chi connectivity index (χ4v) is 2.64. The average molecular weight is 468 g/mol. The van der Waals surface area contributed by atoms with Crippen LogP contribution >= 0.6 is 46.4 Å². The van der Waals surface area contributed by atoms with E-state index in [1.54, 1.807) is 0 Å². The van der Waals surface area contributed by atoms with E-state index in [0.717, 1.165) is 6.07 Å². The summed E-state index contributed by atoms with van der Waals surface area (Å²) in [5.41, 5.74) is -0.487. The molecule has 2 aromatic rings. The number of benzene rings is 2. The van der Waals surface area contributed by atoms with E-state index in [0.29, 0.717) is 0 Å². The first kappa shape index (κ1) is 22.0. The van der Waals surface area contributed by atoms with Gasteiger partial charge in [-0.15, -0.1) is 0 Å². The predicted molar refractivity (Wildman–Crippen MR) is 105 cm³/mol. The highest BCUT2D eigenvalue weighted by Crippen LogP contribution is 2.33. The number of amides is 1. The molecule has 0 saturated carbocycles. The molecule has 0 spiro atoms. The Labute approximate surface area is 178 Å². The molecule has 0 aromatic heterocycles.